The summed E-state index contributed by atoms with van der Waals surface area (Å²) >= 11 is 4.20. The predicted molar refractivity (Wildman–Crippen MR) is 64.4 cm³/mol. The molecule has 2 N–H and O–H groups in total. The largest absolute Gasteiger partial charge is 0.507 e. The zero-order chi connectivity index (χ0) is 11.7. The van der Waals surface area contributed by atoms with Gasteiger partial charge in [0, 0.05) is 0 Å². The molecule has 0 saturated carbocycles. The summed E-state index contributed by atoms with van der Waals surface area (Å²) in [5.74, 6) is -0.0949. The van der Waals surface area contributed by atoms with Crippen LogP contribution >= 0.6 is 27.7 Å². The lowest BCUT2D eigenvalue weighted by molar-refractivity contribution is -0.118. The molecule has 2 amide bonds. The van der Waals surface area contributed by atoms with Crippen LogP contribution in [-0.4, -0.2) is 21.5 Å². The second-order valence-electron chi connectivity index (χ2n) is 3.37. The van der Waals surface area contributed by atoms with Crippen LogP contribution in [0.25, 0.3) is 0 Å². The summed E-state index contributed by atoms with van der Waals surface area (Å²) in [4.78, 5) is 22.3. The number of thioether (sulfide) groups is 1. The molecule has 1 saturated heterocycles. The Balaban J connectivity index is 2.12. The monoisotopic (exact) mass is 301 g/mol. The molecule has 84 valence electrons. The highest BCUT2D eigenvalue weighted by molar-refractivity contribution is 9.10. The van der Waals surface area contributed by atoms with E-state index in [1.54, 1.807) is 18.2 Å². The highest BCUT2D eigenvalue weighted by Crippen LogP contribution is 2.28. The number of imide groups is 1. The van der Waals surface area contributed by atoms with Gasteiger partial charge in [-0.05, 0) is 40.0 Å². The van der Waals surface area contributed by atoms with Crippen LogP contribution in [0.5, 0.6) is 5.75 Å². The Morgan fingerprint density at radius 2 is 2.19 bits per heavy atom. The van der Waals surface area contributed by atoms with Crippen molar-refractivity contribution in [2.75, 3.05) is 0 Å². The maximum Gasteiger partial charge on any atom is 0.286 e. The van der Waals surface area contributed by atoms with E-state index in [1.165, 1.54) is 0 Å². The summed E-state index contributed by atoms with van der Waals surface area (Å²) in [6, 6.07) is 5.03. The van der Waals surface area contributed by atoms with E-state index in [1.807, 2.05) is 0 Å². The molecule has 0 radical (unpaired) electrons. The van der Waals surface area contributed by atoms with Crippen molar-refractivity contribution in [1.29, 1.82) is 0 Å². The molecule has 6 heteroatoms. The fourth-order valence-corrected chi connectivity index (χ4v) is 2.70. The van der Waals surface area contributed by atoms with Crippen molar-refractivity contribution in [2.45, 2.75) is 11.7 Å². The number of benzene rings is 1. The van der Waals surface area contributed by atoms with Crippen LogP contribution in [-0.2, 0) is 11.2 Å². The molecular weight excluding hydrogens is 294 g/mol. The molecule has 16 heavy (non-hydrogen) atoms. The molecule has 4 nitrogen and oxygen atoms in total. The van der Waals surface area contributed by atoms with Gasteiger partial charge in [0.05, 0.1) is 9.72 Å². The smallest absolute Gasteiger partial charge is 0.286 e. The molecule has 1 unspecified atom stereocenters. The molecule has 1 heterocycles. The van der Waals surface area contributed by atoms with Crippen LogP contribution in [0.2, 0.25) is 0 Å². The Morgan fingerprint density at radius 1 is 1.44 bits per heavy atom. The van der Waals surface area contributed by atoms with Crippen LogP contribution in [0.4, 0.5) is 4.79 Å². The zero-order valence-corrected chi connectivity index (χ0v) is 10.5. The van der Waals surface area contributed by atoms with E-state index < -0.39 is 0 Å². The van der Waals surface area contributed by atoms with Gasteiger partial charge in [-0.1, -0.05) is 17.8 Å². The Labute approximate surface area is 105 Å². The van der Waals surface area contributed by atoms with Gasteiger partial charge < -0.3 is 5.11 Å². The van der Waals surface area contributed by atoms with E-state index in [0.29, 0.717) is 10.9 Å². The third-order valence-corrected chi connectivity index (χ3v) is 3.82. The summed E-state index contributed by atoms with van der Waals surface area (Å²) in [6.45, 7) is 0. The van der Waals surface area contributed by atoms with Crippen LogP contribution in [0.1, 0.15) is 5.56 Å². The van der Waals surface area contributed by atoms with Crippen molar-refractivity contribution in [3.63, 3.8) is 0 Å². The maximum atomic E-state index is 11.3. The maximum absolute atomic E-state index is 11.3. The van der Waals surface area contributed by atoms with Gasteiger partial charge in [0.1, 0.15) is 5.75 Å². The molecule has 0 aromatic heterocycles. The van der Waals surface area contributed by atoms with Gasteiger partial charge in [-0.15, -0.1) is 0 Å². The molecule has 0 aliphatic carbocycles. The van der Waals surface area contributed by atoms with Gasteiger partial charge in [-0.3, -0.25) is 14.9 Å². The number of phenols is 1. The summed E-state index contributed by atoms with van der Waals surface area (Å²) in [5.41, 5.74) is 0.895. The van der Waals surface area contributed by atoms with E-state index in [-0.39, 0.29) is 22.1 Å². The van der Waals surface area contributed by atoms with E-state index in [9.17, 15) is 14.7 Å². The number of hydrogen-bond acceptors (Lipinski definition) is 4. The molecule has 2 rings (SSSR count). The molecule has 1 aromatic rings. The number of carbonyl (C=O) groups is 2. The highest BCUT2D eigenvalue weighted by Gasteiger charge is 2.31. The number of carbonyl (C=O) groups excluding carboxylic acids is 2. The summed E-state index contributed by atoms with van der Waals surface area (Å²) in [6.07, 6.45) is 0.473. The van der Waals surface area contributed by atoms with Crippen molar-refractivity contribution < 1.29 is 14.7 Å². The van der Waals surface area contributed by atoms with Gasteiger partial charge in [-0.2, -0.15) is 0 Å². The topological polar surface area (TPSA) is 66.4 Å². The van der Waals surface area contributed by atoms with Crippen LogP contribution in [0.15, 0.2) is 22.7 Å². The van der Waals surface area contributed by atoms with Gasteiger partial charge in [0.15, 0.2) is 0 Å². The average molecular weight is 302 g/mol. The van der Waals surface area contributed by atoms with Crippen molar-refractivity contribution in [2.24, 2.45) is 0 Å². The first-order chi connectivity index (χ1) is 7.56. The minimum atomic E-state index is -0.371. The van der Waals surface area contributed by atoms with Gasteiger partial charge >= 0.3 is 0 Å². The van der Waals surface area contributed by atoms with E-state index >= 15 is 0 Å². The number of rotatable bonds is 2. The van der Waals surface area contributed by atoms with Crippen LogP contribution in [0.3, 0.4) is 0 Å². The third kappa shape index (κ3) is 2.38. The van der Waals surface area contributed by atoms with E-state index in [2.05, 4.69) is 21.2 Å². The van der Waals surface area contributed by atoms with E-state index in [0.717, 1.165) is 17.3 Å². The van der Waals surface area contributed by atoms with Crippen molar-refractivity contribution >= 4 is 38.8 Å². The standard InChI is InChI=1S/C10H8BrNO3S/c11-6-3-5(1-2-7(6)13)4-8-9(14)12-10(15)16-8/h1-3,8,13H,4H2,(H,12,14,15). The fraction of sp³-hybridized carbons (Fsp3) is 0.200. The molecule has 1 aliphatic heterocycles. The lowest BCUT2D eigenvalue weighted by Crippen LogP contribution is -2.25. The SMILES string of the molecule is O=C1NC(=O)C(Cc2ccc(O)c(Br)c2)S1. The normalized spacial score (nSPS) is 19.9. The molecular formula is C10H8BrNO3S. The quantitative estimate of drug-likeness (QED) is 0.877. The van der Waals surface area contributed by atoms with Gasteiger partial charge in [0.2, 0.25) is 5.91 Å². The fourth-order valence-electron chi connectivity index (χ4n) is 1.42. The second-order valence-corrected chi connectivity index (χ2v) is 5.40. The Bertz CT molecular complexity index is 463. The first-order valence-electron chi connectivity index (χ1n) is 4.55. The number of halogens is 1. The van der Waals surface area contributed by atoms with Crippen LogP contribution in [0, 0.1) is 0 Å². The number of phenolic OH excluding ortho intramolecular Hbond substituents is 1. The van der Waals surface area contributed by atoms with Gasteiger partial charge in [0.25, 0.3) is 5.24 Å². The molecule has 0 bridgehead atoms. The Kier molecular flexibility index (Phi) is 3.20. The molecule has 0 spiro atoms. The van der Waals surface area contributed by atoms with Crippen LogP contribution < -0.4 is 5.32 Å². The van der Waals surface area contributed by atoms with Gasteiger partial charge in [-0.25, -0.2) is 0 Å². The summed E-state index contributed by atoms with van der Waals surface area (Å²) < 4.78 is 0.583. The first kappa shape index (κ1) is 11.5. The molecule has 1 aromatic carbocycles. The third-order valence-electron chi connectivity index (χ3n) is 2.20. The average Bonchev–Trinajstić information content (AvgIpc) is 2.51. The van der Waals surface area contributed by atoms with E-state index in [4.69, 9.17) is 0 Å². The number of nitrogens with one attached hydrogen (secondary N) is 1. The predicted octanol–water partition coefficient (Wildman–Crippen LogP) is 2.05. The lowest BCUT2D eigenvalue weighted by Gasteiger charge is -2.06. The molecule has 1 aliphatic rings. The summed E-state index contributed by atoms with van der Waals surface area (Å²) in [7, 11) is 0. The minimum Gasteiger partial charge on any atom is -0.507 e. The second kappa shape index (κ2) is 4.47. The number of amides is 2. The highest BCUT2D eigenvalue weighted by atomic mass is 79.9. The van der Waals surface area contributed by atoms with Crippen molar-refractivity contribution in [1.82, 2.24) is 5.32 Å². The van der Waals surface area contributed by atoms with Crippen molar-refractivity contribution in [3.8, 4) is 5.75 Å². The summed E-state index contributed by atoms with van der Waals surface area (Å²) in [5, 5.41) is 10.9. The number of aromatic hydroxyl groups is 1. The minimum absolute atomic E-state index is 0.156. The first-order valence-corrected chi connectivity index (χ1v) is 6.22. The Hall–Kier alpha value is -1.01. The van der Waals surface area contributed by atoms with Crippen molar-refractivity contribution in [3.05, 3.63) is 28.2 Å². The Morgan fingerprint density at radius 3 is 2.75 bits per heavy atom. The molecule has 1 atom stereocenters. The number of hydrogen-bond donors (Lipinski definition) is 2. The lowest BCUT2D eigenvalue weighted by atomic mass is 10.1. The molecule has 1 fully saturated rings. The zero-order valence-electron chi connectivity index (χ0n) is 8.07.